The van der Waals surface area contributed by atoms with Gasteiger partial charge in [-0.15, -0.1) is 0 Å². The molecule has 166 valence electrons. The summed E-state index contributed by atoms with van der Waals surface area (Å²) in [6.45, 7) is 6.14. The minimum atomic E-state index is -0.446. The fraction of sp³-hybridized carbons (Fsp3) is 0.318. The Hall–Kier alpha value is -2.65. The lowest BCUT2D eigenvalue weighted by Crippen LogP contribution is -2.49. The number of hydrogen-bond acceptors (Lipinski definition) is 5. The van der Waals surface area contributed by atoms with Crippen molar-refractivity contribution in [3.05, 3.63) is 58.1 Å². The number of halogens is 1. The van der Waals surface area contributed by atoms with Crippen molar-refractivity contribution in [2.45, 2.75) is 32.6 Å². The first-order valence-electron chi connectivity index (χ1n) is 9.53. The molecule has 0 aliphatic carbocycles. The van der Waals surface area contributed by atoms with Gasteiger partial charge in [0.1, 0.15) is 11.5 Å². The van der Waals surface area contributed by atoms with Crippen molar-refractivity contribution < 1.29 is 19.1 Å². The minimum Gasteiger partial charge on any atom is -0.497 e. The molecule has 0 heterocycles. The van der Waals surface area contributed by atoms with Gasteiger partial charge in [0.05, 0.1) is 18.0 Å². The van der Waals surface area contributed by atoms with Crippen LogP contribution >= 0.6 is 28.1 Å². The Morgan fingerprint density at radius 1 is 1.03 bits per heavy atom. The summed E-state index contributed by atoms with van der Waals surface area (Å²) in [5.41, 5.74) is 6.84. The van der Waals surface area contributed by atoms with Crippen LogP contribution in [0.1, 0.15) is 31.9 Å². The van der Waals surface area contributed by atoms with Gasteiger partial charge in [0.25, 0.3) is 5.91 Å². The quantitative estimate of drug-likeness (QED) is 0.410. The predicted molar refractivity (Wildman–Crippen MR) is 127 cm³/mol. The van der Waals surface area contributed by atoms with Crippen molar-refractivity contribution >= 4 is 45.1 Å². The number of carbonyl (C=O) groups excluding carboxylic acids is 2. The average molecular weight is 508 g/mol. The highest BCUT2D eigenvalue weighted by Crippen LogP contribution is 2.31. The molecule has 0 fully saturated rings. The third kappa shape index (κ3) is 8.18. The first-order valence-corrected chi connectivity index (χ1v) is 10.7. The topological polar surface area (TPSA) is 88.7 Å². The molecule has 0 aliphatic heterocycles. The van der Waals surface area contributed by atoms with Gasteiger partial charge in [-0.1, -0.05) is 39.0 Å². The number of ether oxygens (including phenoxy) is 2. The first kappa shape index (κ1) is 24.6. The van der Waals surface area contributed by atoms with Gasteiger partial charge in [-0.3, -0.25) is 20.4 Å². The van der Waals surface area contributed by atoms with Gasteiger partial charge in [-0.25, -0.2) is 0 Å². The molecule has 2 rings (SSSR count). The number of hydrogen-bond donors (Lipinski definition) is 3. The lowest BCUT2D eigenvalue weighted by atomic mass is 9.87. The van der Waals surface area contributed by atoms with Crippen LogP contribution in [0.5, 0.6) is 11.5 Å². The molecular weight excluding hydrogens is 482 g/mol. The summed E-state index contributed by atoms with van der Waals surface area (Å²) in [6, 6.07) is 12.9. The zero-order valence-corrected chi connectivity index (χ0v) is 20.3. The van der Waals surface area contributed by atoms with Crippen LogP contribution < -0.4 is 25.6 Å². The average Bonchev–Trinajstić information content (AvgIpc) is 2.71. The van der Waals surface area contributed by atoms with Crippen LogP contribution in [0, 0.1) is 0 Å². The summed E-state index contributed by atoms with van der Waals surface area (Å²) in [4.78, 5) is 24.1. The molecular formula is C22H26BrN3O4S. The van der Waals surface area contributed by atoms with Crippen LogP contribution in [-0.2, 0) is 21.4 Å². The van der Waals surface area contributed by atoms with Gasteiger partial charge in [0.15, 0.2) is 11.7 Å². The molecule has 0 unspecified atom stereocenters. The summed E-state index contributed by atoms with van der Waals surface area (Å²) in [5, 5.41) is 2.49. The molecule has 2 aromatic rings. The summed E-state index contributed by atoms with van der Waals surface area (Å²) in [6.07, 6.45) is 0.140. The molecule has 0 aromatic heterocycles. The third-order valence-corrected chi connectivity index (χ3v) is 5.07. The summed E-state index contributed by atoms with van der Waals surface area (Å²) in [5.74, 6) is 0.511. The van der Waals surface area contributed by atoms with E-state index in [4.69, 9.17) is 21.7 Å². The van der Waals surface area contributed by atoms with E-state index in [0.29, 0.717) is 11.5 Å². The molecule has 0 saturated carbocycles. The van der Waals surface area contributed by atoms with E-state index in [0.717, 1.165) is 15.6 Å². The molecule has 0 aliphatic rings. The third-order valence-electron chi connectivity index (χ3n) is 4.25. The van der Waals surface area contributed by atoms with Crippen molar-refractivity contribution in [1.29, 1.82) is 0 Å². The molecule has 31 heavy (non-hydrogen) atoms. The van der Waals surface area contributed by atoms with Crippen molar-refractivity contribution in [2.75, 3.05) is 13.7 Å². The number of hydrazine groups is 1. The zero-order valence-electron chi connectivity index (χ0n) is 17.9. The van der Waals surface area contributed by atoms with E-state index in [1.807, 2.05) is 18.2 Å². The number of benzene rings is 2. The fourth-order valence-corrected chi connectivity index (χ4v) is 3.18. The number of methoxy groups -OCH3 is 1. The van der Waals surface area contributed by atoms with Crippen LogP contribution in [0.25, 0.3) is 0 Å². The van der Waals surface area contributed by atoms with E-state index in [-0.39, 0.29) is 29.5 Å². The molecule has 3 N–H and O–H groups in total. The van der Waals surface area contributed by atoms with E-state index in [9.17, 15) is 9.59 Å². The fourth-order valence-electron chi connectivity index (χ4n) is 2.52. The highest BCUT2D eigenvalue weighted by Gasteiger charge is 2.16. The lowest BCUT2D eigenvalue weighted by molar-refractivity contribution is -0.124. The Morgan fingerprint density at radius 3 is 2.29 bits per heavy atom. The molecule has 2 aromatic carbocycles. The second-order valence-electron chi connectivity index (χ2n) is 7.76. The van der Waals surface area contributed by atoms with Gasteiger partial charge in [-0.2, -0.15) is 0 Å². The maximum absolute atomic E-state index is 12.1. The molecule has 2 amide bonds. The van der Waals surface area contributed by atoms with Crippen LogP contribution in [0.2, 0.25) is 0 Å². The maximum atomic E-state index is 12.1. The Morgan fingerprint density at radius 2 is 1.71 bits per heavy atom. The molecule has 7 nitrogen and oxygen atoms in total. The second-order valence-corrected chi connectivity index (χ2v) is 9.02. The Bertz CT molecular complexity index is 943. The van der Waals surface area contributed by atoms with E-state index in [1.165, 1.54) is 0 Å². The molecule has 0 radical (unpaired) electrons. The molecule has 0 atom stereocenters. The monoisotopic (exact) mass is 507 g/mol. The molecule has 0 spiro atoms. The highest BCUT2D eigenvalue weighted by atomic mass is 79.9. The maximum Gasteiger partial charge on any atom is 0.276 e. The van der Waals surface area contributed by atoms with Gasteiger partial charge < -0.3 is 14.8 Å². The standard InChI is InChI=1S/C22H26BrN3O4S/c1-22(2,3)15-7-10-18(17(23)12-15)30-13-20(28)25-26-21(31)24-19(27)11-14-5-8-16(29-4)9-6-14/h5-10,12H,11,13H2,1-4H3,(H,25,28)(H2,24,26,27,31). The van der Waals surface area contributed by atoms with Crippen LogP contribution in [0.3, 0.4) is 0 Å². The van der Waals surface area contributed by atoms with Crippen molar-refractivity contribution in [2.24, 2.45) is 0 Å². The Kier molecular flexibility index (Phi) is 8.82. The van der Waals surface area contributed by atoms with E-state index >= 15 is 0 Å². The van der Waals surface area contributed by atoms with Crippen LogP contribution in [0.15, 0.2) is 46.9 Å². The van der Waals surface area contributed by atoms with E-state index in [2.05, 4.69) is 52.9 Å². The van der Waals surface area contributed by atoms with Crippen LogP contribution in [0.4, 0.5) is 0 Å². The highest BCUT2D eigenvalue weighted by molar-refractivity contribution is 9.10. The van der Waals surface area contributed by atoms with Gasteiger partial charge in [-0.05, 0) is 69.0 Å². The first-order chi connectivity index (χ1) is 14.6. The smallest absolute Gasteiger partial charge is 0.276 e. The lowest BCUT2D eigenvalue weighted by Gasteiger charge is -2.20. The SMILES string of the molecule is COc1ccc(CC(=O)NC(=S)NNC(=O)COc2ccc(C(C)(C)C)cc2Br)cc1. The van der Waals surface area contributed by atoms with Gasteiger partial charge >= 0.3 is 0 Å². The summed E-state index contributed by atoms with van der Waals surface area (Å²) < 4.78 is 11.4. The largest absolute Gasteiger partial charge is 0.497 e. The Balaban J connectivity index is 1.74. The summed E-state index contributed by atoms with van der Waals surface area (Å²) >= 11 is 8.49. The predicted octanol–water partition coefficient (Wildman–Crippen LogP) is 3.40. The van der Waals surface area contributed by atoms with Gasteiger partial charge in [0.2, 0.25) is 5.91 Å². The molecule has 9 heteroatoms. The van der Waals surface area contributed by atoms with Crippen molar-refractivity contribution in [3.63, 3.8) is 0 Å². The number of rotatable bonds is 6. The normalized spacial score (nSPS) is 10.7. The van der Waals surface area contributed by atoms with Crippen molar-refractivity contribution in [1.82, 2.24) is 16.2 Å². The number of nitrogens with one attached hydrogen (secondary N) is 3. The number of carbonyl (C=O) groups is 2. The van der Waals surface area contributed by atoms with Crippen molar-refractivity contribution in [3.8, 4) is 11.5 Å². The second kappa shape index (κ2) is 11.1. The minimum absolute atomic E-state index is 0.00977. The summed E-state index contributed by atoms with van der Waals surface area (Å²) in [7, 11) is 1.58. The van der Waals surface area contributed by atoms with Gasteiger partial charge in [0, 0.05) is 0 Å². The Labute approximate surface area is 196 Å². The van der Waals surface area contributed by atoms with E-state index < -0.39 is 5.91 Å². The number of thiocarbonyl (C=S) groups is 1. The number of amides is 2. The zero-order chi connectivity index (χ0) is 23.0. The van der Waals surface area contributed by atoms with Crippen LogP contribution in [-0.4, -0.2) is 30.6 Å². The van der Waals surface area contributed by atoms with E-state index in [1.54, 1.807) is 31.4 Å². The molecule has 0 saturated heterocycles. The molecule has 0 bridgehead atoms.